The minimum absolute atomic E-state index is 0.0592. The Labute approximate surface area is 245 Å². The highest BCUT2D eigenvalue weighted by atomic mass is 16.8. The van der Waals surface area contributed by atoms with Crippen molar-refractivity contribution in [1.29, 1.82) is 0 Å². The average molecular weight is 611 g/mol. The van der Waals surface area contributed by atoms with E-state index in [9.17, 15) is 45.6 Å². The number of benzene rings is 2. The number of Topliss-reactive ketones (excluding diaryl/α,β-unsaturated/α-hetero) is 1. The van der Waals surface area contributed by atoms with Crippen molar-refractivity contribution in [2.24, 2.45) is 0 Å². The van der Waals surface area contributed by atoms with Crippen molar-refractivity contribution in [3.8, 4) is 28.7 Å². The number of fused-ring (bicyclic) bond motifs is 1. The van der Waals surface area contributed by atoms with Crippen LogP contribution in [0.15, 0.2) is 30.3 Å². The van der Waals surface area contributed by atoms with Gasteiger partial charge >= 0.3 is 0 Å². The Morgan fingerprint density at radius 3 is 2.30 bits per heavy atom. The Balaban J connectivity index is 1.41. The van der Waals surface area contributed by atoms with Crippen LogP contribution in [0.1, 0.15) is 35.4 Å². The van der Waals surface area contributed by atoms with Gasteiger partial charge in [-0.3, -0.25) is 4.79 Å². The van der Waals surface area contributed by atoms with E-state index in [0.29, 0.717) is 5.56 Å². The molecule has 0 aromatic heterocycles. The number of hydrogen-bond donors (Lipinski definition) is 8. The molecule has 2 saturated heterocycles. The van der Waals surface area contributed by atoms with Gasteiger partial charge < -0.3 is 69.3 Å². The maximum absolute atomic E-state index is 13.0. The molecule has 43 heavy (non-hydrogen) atoms. The number of ketones is 1. The van der Waals surface area contributed by atoms with E-state index < -0.39 is 85.7 Å². The van der Waals surface area contributed by atoms with Crippen molar-refractivity contribution in [2.45, 2.75) is 80.9 Å². The lowest BCUT2D eigenvalue weighted by Gasteiger charge is -2.45. The Kier molecular flexibility index (Phi) is 8.99. The number of phenolic OH excluding ortho intramolecular Hbond substituents is 2. The van der Waals surface area contributed by atoms with Crippen molar-refractivity contribution in [1.82, 2.24) is 0 Å². The Bertz CT molecular complexity index is 1320. The SMILES string of the molecule is COc1ccc([C@@H]2CC(=O)c3c(O)cc(O[C@@H]4O[C@H](CO)[C@@H](O)[C@H](O)C4OC4O[C@@H](C)[C@H](O)[C@@H](O)[C@H]4O)cc3O2)cc1O. The Hall–Kier alpha value is -3.25. The van der Waals surface area contributed by atoms with Gasteiger partial charge in [-0.05, 0) is 24.6 Å². The van der Waals surface area contributed by atoms with Gasteiger partial charge in [0.15, 0.2) is 29.7 Å². The molecule has 0 aliphatic carbocycles. The molecule has 2 fully saturated rings. The van der Waals surface area contributed by atoms with Crippen LogP contribution in [0.25, 0.3) is 0 Å². The van der Waals surface area contributed by atoms with Crippen molar-refractivity contribution in [3.63, 3.8) is 0 Å². The lowest BCUT2D eigenvalue weighted by atomic mass is 9.95. The van der Waals surface area contributed by atoms with Gasteiger partial charge in [0.2, 0.25) is 6.29 Å². The first kappa shape index (κ1) is 31.2. The highest BCUT2D eigenvalue weighted by molar-refractivity contribution is 6.02. The zero-order valence-electron chi connectivity index (χ0n) is 23.1. The molecule has 2 aromatic rings. The molecule has 0 saturated carbocycles. The number of aromatic hydroxyl groups is 2. The number of methoxy groups -OCH3 is 1. The number of aliphatic hydroxyl groups is 6. The van der Waals surface area contributed by atoms with Gasteiger partial charge in [0.05, 0.1) is 26.2 Å². The first-order valence-electron chi connectivity index (χ1n) is 13.5. The lowest BCUT2D eigenvalue weighted by molar-refractivity contribution is -0.354. The number of carbonyl (C=O) groups is 1. The fourth-order valence-electron chi connectivity index (χ4n) is 5.29. The highest BCUT2D eigenvalue weighted by Crippen LogP contribution is 2.43. The minimum Gasteiger partial charge on any atom is -0.507 e. The maximum Gasteiger partial charge on any atom is 0.229 e. The molecule has 15 nitrogen and oxygen atoms in total. The molecular formula is C28H34O15. The monoisotopic (exact) mass is 610 g/mol. The van der Waals surface area contributed by atoms with Crippen molar-refractivity contribution in [2.75, 3.05) is 13.7 Å². The molecule has 0 radical (unpaired) electrons. The second kappa shape index (κ2) is 12.4. The summed E-state index contributed by atoms with van der Waals surface area (Å²) in [5, 5.41) is 82.4. The molecule has 2 aromatic carbocycles. The van der Waals surface area contributed by atoms with Crippen LogP contribution in [0, 0.1) is 0 Å². The molecule has 0 amide bonds. The van der Waals surface area contributed by atoms with Crippen LogP contribution in [-0.2, 0) is 14.2 Å². The summed E-state index contributed by atoms with van der Waals surface area (Å²) in [6, 6.07) is 6.89. The summed E-state index contributed by atoms with van der Waals surface area (Å²) in [7, 11) is 1.39. The first-order chi connectivity index (χ1) is 20.4. The molecule has 8 N–H and O–H groups in total. The van der Waals surface area contributed by atoms with Crippen LogP contribution in [0.2, 0.25) is 0 Å². The Morgan fingerprint density at radius 2 is 1.63 bits per heavy atom. The third-order valence-corrected chi connectivity index (χ3v) is 7.72. The van der Waals surface area contributed by atoms with E-state index in [1.165, 1.54) is 32.2 Å². The predicted octanol–water partition coefficient (Wildman–Crippen LogP) is -1.16. The molecule has 0 bridgehead atoms. The fourth-order valence-corrected chi connectivity index (χ4v) is 5.29. The summed E-state index contributed by atoms with van der Waals surface area (Å²) in [5.74, 6) is -1.06. The summed E-state index contributed by atoms with van der Waals surface area (Å²) < 4.78 is 33.7. The van der Waals surface area contributed by atoms with E-state index in [0.717, 1.165) is 6.07 Å². The topological polar surface area (TPSA) is 234 Å². The standard InChI is InChI=1S/C28H34O15/c1-10-21(33)23(35)25(37)27(39-10)43-26-24(36)22(34)19(9-29)42-28(26)40-12-6-14(31)20-15(32)8-17(41-18(20)7-12)11-3-4-16(38-2)13(30)5-11/h3-7,10,17,19,21-31,33-37H,8-9H2,1-2H3/t10-,17-,19+,21-,22+,23+,24-,25+,26?,27?,28+/m0/s1. The van der Waals surface area contributed by atoms with Gasteiger partial charge in [0, 0.05) is 12.1 Å². The fraction of sp³-hybridized carbons (Fsp3) is 0.536. The molecule has 236 valence electrons. The third-order valence-electron chi connectivity index (χ3n) is 7.72. The van der Waals surface area contributed by atoms with Crippen molar-refractivity contribution < 1.29 is 74.1 Å². The highest BCUT2D eigenvalue weighted by Gasteiger charge is 2.51. The van der Waals surface area contributed by atoms with E-state index in [2.05, 4.69) is 0 Å². The molecular weight excluding hydrogens is 576 g/mol. The quantitative estimate of drug-likeness (QED) is 0.185. The smallest absolute Gasteiger partial charge is 0.229 e. The summed E-state index contributed by atoms with van der Waals surface area (Å²) in [6.07, 6.45) is -16.3. The normalized spacial score (nSPS) is 36.0. The summed E-state index contributed by atoms with van der Waals surface area (Å²) in [5.41, 5.74) is 0.352. The van der Waals surface area contributed by atoms with E-state index in [1.807, 2.05) is 0 Å². The Morgan fingerprint density at radius 1 is 0.884 bits per heavy atom. The molecule has 3 aliphatic rings. The zero-order valence-corrected chi connectivity index (χ0v) is 23.1. The van der Waals surface area contributed by atoms with Gasteiger partial charge in [0.25, 0.3) is 0 Å². The molecule has 3 heterocycles. The molecule has 2 unspecified atom stereocenters. The summed E-state index contributed by atoms with van der Waals surface area (Å²) >= 11 is 0. The number of carbonyl (C=O) groups excluding carboxylic acids is 1. The van der Waals surface area contributed by atoms with Gasteiger partial charge in [-0.25, -0.2) is 0 Å². The van der Waals surface area contributed by atoms with Crippen LogP contribution >= 0.6 is 0 Å². The summed E-state index contributed by atoms with van der Waals surface area (Å²) in [6.45, 7) is 0.699. The van der Waals surface area contributed by atoms with Gasteiger partial charge in [0.1, 0.15) is 65.5 Å². The molecule has 5 rings (SSSR count). The van der Waals surface area contributed by atoms with Gasteiger partial charge in [-0.2, -0.15) is 0 Å². The van der Waals surface area contributed by atoms with E-state index in [1.54, 1.807) is 6.07 Å². The second-order valence-electron chi connectivity index (χ2n) is 10.6. The minimum atomic E-state index is -1.76. The van der Waals surface area contributed by atoms with Crippen LogP contribution in [0.4, 0.5) is 0 Å². The number of aliphatic hydroxyl groups excluding tert-OH is 6. The number of rotatable bonds is 7. The number of phenols is 2. The van der Waals surface area contributed by atoms with E-state index >= 15 is 0 Å². The largest absolute Gasteiger partial charge is 0.507 e. The molecule has 11 atom stereocenters. The average Bonchev–Trinajstić information content (AvgIpc) is 2.97. The maximum atomic E-state index is 13.0. The van der Waals surface area contributed by atoms with E-state index in [-0.39, 0.29) is 35.0 Å². The zero-order chi connectivity index (χ0) is 31.2. The third kappa shape index (κ3) is 5.95. The van der Waals surface area contributed by atoms with Crippen LogP contribution < -0.4 is 14.2 Å². The van der Waals surface area contributed by atoms with Gasteiger partial charge in [-0.1, -0.05) is 6.07 Å². The van der Waals surface area contributed by atoms with Crippen LogP contribution in [-0.4, -0.2) is 122 Å². The van der Waals surface area contributed by atoms with Crippen molar-refractivity contribution in [3.05, 3.63) is 41.5 Å². The lowest BCUT2D eigenvalue weighted by Crippen LogP contribution is -2.64. The molecule has 3 aliphatic heterocycles. The second-order valence-corrected chi connectivity index (χ2v) is 10.6. The number of ether oxygens (including phenoxy) is 6. The molecule has 0 spiro atoms. The molecule has 15 heteroatoms. The van der Waals surface area contributed by atoms with Crippen molar-refractivity contribution >= 4 is 5.78 Å². The predicted molar refractivity (Wildman–Crippen MR) is 141 cm³/mol. The summed E-state index contributed by atoms with van der Waals surface area (Å²) in [4.78, 5) is 13.0. The first-order valence-corrected chi connectivity index (χ1v) is 13.5. The van der Waals surface area contributed by atoms with Crippen LogP contribution in [0.5, 0.6) is 28.7 Å². The van der Waals surface area contributed by atoms with Gasteiger partial charge in [-0.15, -0.1) is 0 Å². The number of hydrogen-bond acceptors (Lipinski definition) is 15. The van der Waals surface area contributed by atoms with Crippen LogP contribution in [0.3, 0.4) is 0 Å². The van der Waals surface area contributed by atoms with E-state index in [4.69, 9.17) is 28.4 Å².